The average Bonchev–Trinajstić information content (AvgIpc) is 2.52. The molecule has 1 fully saturated rings. The Morgan fingerprint density at radius 3 is 2.65 bits per heavy atom. The molecule has 1 aromatic carbocycles. The van der Waals surface area contributed by atoms with Crippen LogP contribution >= 0.6 is 0 Å². The molecular weight excluding hydrogens is 296 g/mol. The molecule has 6 nitrogen and oxygen atoms in total. The number of nitrogens with one attached hydrogen (secondary N) is 1. The zero-order chi connectivity index (χ0) is 16.9. The van der Waals surface area contributed by atoms with Crippen molar-refractivity contribution in [1.82, 2.24) is 10.2 Å². The number of amides is 2. The number of hydrogen-bond acceptors (Lipinski definition) is 4. The lowest BCUT2D eigenvalue weighted by molar-refractivity contribution is -0.00270. The topological polar surface area (TPSA) is 71.0 Å². The van der Waals surface area contributed by atoms with Crippen LogP contribution in [0.15, 0.2) is 24.3 Å². The number of piperidine rings is 1. The number of urea groups is 1. The molecule has 2 atom stereocenters. The number of aliphatic hydroxyl groups is 1. The molecule has 1 saturated heterocycles. The van der Waals surface area contributed by atoms with Gasteiger partial charge in [-0.1, -0.05) is 0 Å². The highest BCUT2D eigenvalue weighted by molar-refractivity contribution is 5.74. The van der Waals surface area contributed by atoms with Gasteiger partial charge in [0.1, 0.15) is 17.6 Å². The lowest BCUT2D eigenvalue weighted by Gasteiger charge is -2.36. The Kier molecular flexibility index (Phi) is 5.71. The molecule has 0 aliphatic carbocycles. The third-order valence-corrected chi connectivity index (χ3v) is 3.90. The smallest absolute Gasteiger partial charge is 0.317 e. The van der Waals surface area contributed by atoms with Crippen LogP contribution in [0, 0.1) is 0 Å². The van der Waals surface area contributed by atoms with Gasteiger partial charge < -0.3 is 24.8 Å². The van der Waals surface area contributed by atoms with Crippen LogP contribution in [0.5, 0.6) is 11.5 Å². The van der Waals surface area contributed by atoms with Crippen LogP contribution in [0.2, 0.25) is 0 Å². The quantitative estimate of drug-likeness (QED) is 0.870. The summed E-state index contributed by atoms with van der Waals surface area (Å²) < 4.78 is 10.9. The normalized spacial score (nSPS) is 22.3. The van der Waals surface area contributed by atoms with Gasteiger partial charge in [0.15, 0.2) is 0 Å². The predicted molar refractivity (Wildman–Crippen MR) is 87.9 cm³/mol. The maximum absolute atomic E-state index is 12.2. The van der Waals surface area contributed by atoms with E-state index in [4.69, 9.17) is 9.47 Å². The molecule has 2 amide bonds. The van der Waals surface area contributed by atoms with Gasteiger partial charge in [-0.15, -0.1) is 0 Å². The van der Waals surface area contributed by atoms with Crippen molar-refractivity contribution >= 4 is 6.03 Å². The van der Waals surface area contributed by atoms with Crippen LogP contribution < -0.4 is 14.8 Å². The predicted octanol–water partition coefficient (Wildman–Crippen LogP) is 2.02. The van der Waals surface area contributed by atoms with E-state index in [1.54, 1.807) is 18.9 Å². The monoisotopic (exact) mass is 322 g/mol. The molecule has 23 heavy (non-hydrogen) atoms. The zero-order valence-corrected chi connectivity index (χ0v) is 14.0. The van der Waals surface area contributed by atoms with E-state index in [0.717, 1.165) is 24.3 Å². The summed E-state index contributed by atoms with van der Waals surface area (Å²) in [6, 6.07) is 7.17. The zero-order valence-electron chi connectivity index (χ0n) is 14.0. The Morgan fingerprint density at radius 2 is 2.04 bits per heavy atom. The van der Waals surface area contributed by atoms with Gasteiger partial charge in [-0.2, -0.15) is 0 Å². The van der Waals surface area contributed by atoms with Gasteiger partial charge in [-0.3, -0.25) is 0 Å². The van der Waals surface area contributed by atoms with Gasteiger partial charge in [0, 0.05) is 6.54 Å². The molecule has 0 bridgehead atoms. The number of hydrogen-bond donors (Lipinski definition) is 2. The van der Waals surface area contributed by atoms with Crippen LogP contribution in [0.25, 0.3) is 0 Å². The Morgan fingerprint density at radius 1 is 1.39 bits per heavy atom. The number of carbonyl (C=O) groups excluding carboxylic acids is 1. The number of likely N-dealkylation sites (tertiary alicyclic amines) is 1. The van der Waals surface area contributed by atoms with E-state index in [-0.39, 0.29) is 12.1 Å². The highest BCUT2D eigenvalue weighted by Gasteiger charge is 2.30. The summed E-state index contributed by atoms with van der Waals surface area (Å²) in [4.78, 5) is 13.8. The second-order valence-electron chi connectivity index (χ2n) is 6.31. The van der Waals surface area contributed by atoms with Crippen LogP contribution in [0.1, 0.15) is 26.7 Å². The highest BCUT2D eigenvalue weighted by atomic mass is 16.5. The first-order chi connectivity index (χ1) is 10.9. The molecule has 1 aromatic rings. The number of nitrogens with zero attached hydrogens (tertiary/aromatic N) is 1. The van der Waals surface area contributed by atoms with Crippen molar-refractivity contribution in [3.8, 4) is 11.5 Å². The summed E-state index contributed by atoms with van der Waals surface area (Å²) in [5.41, 5.74) is -0.791. The molecule has 1 heterocycles. The van der Waals surface area contributed by atoms with Crippen molar-refractivity contribution in [3.05, 3.63) is 24.3 Å². The highest BCUT2D eigenvalue weighted by Crippen LogP contribution is 2.20. The molecule has 1 aliphatic rings. The summed E-state index contributed by atoms with van der Waals surface area (Å²) in [7, 11) is 1.62. The van der Waals surface area contributed by atoms with Gasteiger partial charge in [-0.25, -0.2) is 4.79 Å². The molecule has 0 aromatic heterocycles. The first kappa shape index (κ1) is 17.4. The molecule has 1 aliphatic heterocycles. The Labute approximate surface area is 137 Å². The standard InChI is InChI=1S/C17H26N2O4/c1-13(23-15-7-5-14(22-3)6-8-15)11-18-16(20)19-10-4-9-17(2,21)12-19/h5-8,13,21H,4,9-12H2,1-3H3,(H,18,20)/t13-,17+/m1/s1. The van der Waals surface area contributed by atoms with E-state index >= 15 is 0 Å². The third kappa shape index (κ3) is 5.32. The van der Waals surface area contributed by atoms with Crippen molar-refractivity contribution in [3.63, 3.8) is 0 Å². The van der Waals surface area contributed by atoms with Crippen molar-refractivity contribution in [1.29, 1.82) is 0 Å². The van der Waals surface area contributed by atoms with Crippen molar-refractivity contribution in [2.75, 3.05) is 26.7 Å². The van der Waals surface area contributed by atoms with Crippen LogP contribution in [0.4, 0.5) is 4.79 Å². The van der Waals surface area contributed by atoms with Gasteiger partial charge in [0.05, 0.1) is 25.8 Å². The molecule has 0 spiro atoms. The first-order valence-electron chi connectivity index (χ1n) is 7.95. The molecule has 0 unspecified atom stereocenters. The lowest BCUT2D eigenvalue weighted by Crippen LogP contribution is -2.52. The van der Waals surface area contributed by atoms with Gasteiger partial charge >= 0.3 is 6.03 Å². The van der Waals surface area contributed by atoms with Crippen LogP contribution in [-0.4, -0.2) is 54.5 Å². The number of β-amino-alcohol motifs (C(OH)–C–C–N with tert-alkyl or cyclic N) is 1. The van der Waals surface area contributed by atoms with Crippen molar-refractivity contribution in [2.45, 2.75) is 38.4 Å². The molecule has 0 saturated carbocycles. The Bertz CT molecular complexity index is 516. The Hall–Kier alpha value is -1.95. The van der Waals surface area contributed by atoms with E-state index in [1.165, 1.54) is 0 Å². The minimum Gasteiger partial charge on any atom is -0.497 e. The van der Waals surface area contributed by atoms with E-state index in [2.05, 4.69) is 5.32 Å². The largest absolute Gasteiger partial charge is 0.497 e. The van der Waals surface area contributed by atoms with E-state index < -0.39 is 5.60 Å². The van der Waals surface area contributed by atoms with Gasteiger partial charge in [-0.05, 0) is 51.0 Å². The molecule has 128 valence electrons. The number of methoxy groups -OCH3 is 1. The molecule has 0 radical (unpaired) electrons. The summed E-state index contributed by atoms with van der Waals surface area (Å²) >= 11 is 0. The first-order valence-corrected chi connectivity index (χ1v) is 7.95. The lowest BCUT2D eigenvalue weighted by atomic mass is 9.95. The molecule has 2 N–H and O–H groups in total. The maximum atomic E-state index is 12.2. The number of ether oxygens (including phenoxy) is 2. The van der Waals surface area contributed by atoms with Gasteiger partial charge in [0.25, 0.3) is 0 Å². The second-order valence-corrected chi connectivity index (χ2v) is 6.31. The molecule has 2 rings (SSSR count). The second kappa shape index (κ2) is 7.55. The number of rotatable bonds is 5. The third-order valence-electron chi connectivity index (χ3n) is 3.90. The van der Waals surface area contributed by atoms with Crippen LogP contribution in [0.3, 0.4) is 0 Å². The summed E-state index contributed by atoms with van der Waals surface area (Å²) in [5, 5.41) is 12.9. The Balaban J connectivity index is 1.76. The summed E-state index contributed by atoms with van der Waals surface area (Å²) in [6.45, 7) is 5.12. The fourth-order valence-electron chi connectivity index (χ4n) is 2.66. The molecule has 6 heteroatoms. The van der Waals surface area contributed by atoms with Crippen molar-refractivity contribution < 1.29 is 19.4 Å². The maximum Gasteiger partial charge on any atom is 0.317 e. The van der Waals surface area contributed by atoms with Crippen molar-refractivity contribution in [2.24, 2.45) is 0 Å². The summed E-state index contributed by atoms with van der Waals surface area (Å²) in [6.07, 6.45) is 1.39. The van der Waals surface area contributed by atoms with E-state index in [9.17, 15) is 9.90 Å². The minimum atomic E-state index is -0.791. The fourth-order valence-corrected chi connectivity index (χ4v) is 2.66. The van der Waals surface area contributed by atoms with E-state index in [0.29, 0.717) is 19.6 Å². The minimum absolute atomic E-state index is 0.155. The fraction of sp³-hybridized carbons (Fsp3) is 0.588. The van der Waals surface area contributed by atoms with E-state index in [1.807, 2.05) is 31.2 Å². The van der Waals surface area contributed by atoms with Crippen LogP contribution in [-0.2, 0) is 0 Å². The molecular formula is C17H26N2O4. The number of carbonyl (C=O) groups is 1. The SMILES string of the molecule is COc1ccc(O[C@H](C)CNC(=O)N2CCC[C@](C)(O)C2)cc1. The average molecular weight is 322 g/mol. The summed E-state index contributed by atoms with van der Waals surface area (Å²) in [5.74, 6) is 1.50. The van der Waals surface area contributed by atoms with Gasteiger partial charge in [0.2, 0.25) is 0 Å². The number of benzene rings is 1.